The Bertz CT molecular complexity index is 555. The van der Waals surface area contributed by atoms with E-state index in [1.54, 1.807) is 0 Å². The van der Waals surface area contributed by atoms with Gasteiger partial charge in [0.15, 0.2) is 0 Å². The van der Waals surface area contributed by atoms with Crippen molar-refractivity contribution < 1.29 is 0 Å². The monoisotopic (exact) mass is 310 g/mol. The molecule has 0 radical (unpaired) electrons. The molecule has 3 N–H and O–H groups in total. The lowest BCUT2D eigenvalue weighted by molar-refractivity contribution is 1.45. The molecule has 0 spiro atoms. The van der Waals surface area contributed by atoms with Gasteiger partial charge in [-0.25, -0.2) is 0 Å². The predicted molar refractivity (Wildman–Crippen MR) is 78.0 cm³/mol. The van der Waals surface area contributed by atoms with Crippen molar-refractivity contribution in [3.05, 3.63) is 51.5 Å². The molecule has 0 saturated heterocycles. The second kappa shape index (κ2) is 4.98. The third kappa shape index (κ3) is 2.93. The highest BCUT2D eigenvalue weighted by Gasteiger charge is 2.04. The third-order valence-corrected chi connectivity index (χ3v) is 3.22. The Morgan fingerprint density at radius 2 is 1.88 bits per heavy atom. The molecular weight excluding hydrogens is 300 g/mol. The van der Waals surface area contributed by atoms with Crippen LogP contribution >= 0.6 is 27.5 Å². The average molecular weight is 312 g/mol. The molecule has 0 aliphatic heterocycles. The number of rotatable bonds is 2. The van der Waals surface area contributed by atoms with Crippen molar-refractivity contribution in [3.63, 3.8) is 0 Å². The van der Waals surface area contributed by atoms with Gasteiger partial charge in [0.1, 0.15) is 0 Å². The van der Waals surface area contributed by atoms with Gasteiger partial charge in [0.25, 0.3) is 0 Å². The normalized spacial score (nSPS) is 10.3. The second-order valence-electron chi connectivity index (χ2n) is 3.84. The molecular formula is C13H12BrClN2. The van der Waals surface area contributed by atoms with Gasteiger partial charge in [-0.05, 0) is 42.8 Å². The van der Waals surface area contributed by atoms with Crippen molar-refractivity contribution in [1.82, 2.24) is 0 Å². The molecule has 0 aliphatic rings. The largest absolute Gasteiger partial charge is 0.397 e. The van der Waals surface area contributed by atoms with Crippen LogP contribution in [-0.4, -0.2) is 0 Å². The predicted octanol–water partition coefficient (Wildman–Crippen LogP) is 4.74. The number of nitrogens with two attached hydrogens (primary N) is 1. The van der Waals surface area contributed by atoms with E-state index in [-0.39, 0.29) is 0 Å². The first-order chi connectivity index (χ1) is 8.06. The van der Waals surface area contributed by atoms with Crippen LogP contribution in [0.4, 0.5) is 17.1 Å². The number of nitrogens with one attached hydrogen (secondary N) is 1. The molecule has 0 aliphatic carbocycles. The number of aryl methyl sites for hydroxylation is 1. The Morgan fingerprint density at radius 1 is 1.12 bits per heavy atom. The first kappa shape index (κ1) is 12.3. The molecule has 0 amide bonds. The second-order valence-corrected chi connectivity index (χ2v) is 5.16. The van der Waals surface area contributed by atoms with E-state index in [4.69, 9.17) is 17.3 Å². The van der Waals surface area contributed by atoms with Gasteiger partial charge in [-0.3, -0.25) is 0 Å². The van der Waals surface area contributed by atoms with Gasteiger partial charge in [0, 0.05) is 4.47 Å². The molecule has 2 rings (SSSR count). The lowest BCUT2D eigenvalue weighted by atomic mass is 10.2. The first-order valence-corrected chi connectivity index (χ1v) is 6.31. The van der Waals surface area contributed by atoms with E-state index in [1.807, 2.05) is 43.3 Å². The fraction of sp³-hybridized carbons (Fsp3) is 0.0769. The highest BCUT2D eigenvalue weighted by Crippen LogP contribution is 2.30. The smallest absolute Gasteiger partial charge is 0.0652 e. The molecule has 0 fully saturated rings. The fourth-order valence-electron chi connectivity index (χ4n) is 1.51. The van der Waals surface area contributed by atoms with Crippen LogP contribution in [0.3, 0.4) is 0 Å². The Kier molecular flexibility index (Phi) is 3.60. The number of hydrogen-bond donors (Lipinski definition) is 2. The zero-order chi connectivity index (χ0) is 12.4. The summed E-state index contributed by atoms with van der Waals surface area (Å²) < 4.78 is 0.949. The molecule has 0 bridgehead atoms. The summed E-state index contributed by atoms with van der Waals surface area (Å²) in [5.41, 5.74) is 9.46. The van der Waals surface area contributed by atoms with Crippen LogP contribution in [0.2, 0.25) is 5.02 Å². The quantitative estimate of drug-likeness (QED) is 0.786. The van der Waals surface area contributed by atoms with Gasteiger partial charge in [-0.2, -0.15) is 0 Å². The van der Waals surface area contributed by atoms with Gasteiger partial charge in [-0.1, -0.05) is 33.6 Å². The third-order valence-electron chi connectivity index (χ3n) is 2.41. The van der Waals surface area contributed by atoms with Gasteiger partial charge in [-0.15, -0.1) is 0 Å². The van der Waals surface area contributed by atoms with E-state index >= 15 is 0 Å². The summed E-state index contributed by atoms with van der Waals surface area (Å²) >= 11 is 9.51. The van der Waals surface area contributed by atoms with E-state index in [9.17, 15) is 0 Å². The molecule has 0 heterocycles. The van der Waals surface area contributed by atoms with E-state index < -0.39 is 0 Å². The van der Waals surface area contributed by atoms with Crippen LogP contribution in [0, 0.1) is 6.92 Å². The summed E-state index contributed by atoms with van der Waals surface area (Å²) in [7, 11) is 0. The number of hydrogen-bond acceptors (Lipinski definition) is 2. The highest BCUT2D eigenvalue weighted by molar-refractivity contribution is 9.10. The minimum Gasteiger partial charge on any atom is -0.397 e. The lowest BCUT2D eigenvalue weighted by Gasteiger charge is -2.11. The number of nitrogen functional groups attached to an aromatic ring is 1. The maximum Gasteiger partial charge on any atom is 0.0652 e. The van der Waals surface area contributed by atoms with Crippen LogP contribution < -0.4 is 11.1 Å². The topological polar surface area (TPSA) is 38.0 Å². The van der Waals surface area contributed by atoms with Crippen molar-refractivity contribution in [2.75, 3.05) is 11.1 Å². The Morgan fingerprint density at radius 3 is 2.59 bits per heavy atom. The zero-order valence-corrected chi connectivity index (χ0v) is 11.6. The Labute approximate surface area is 114 Å². The molecule has 4 heteroatoms. The molecule has 0 saturated carbocycles. The van der Waals surface area contributed by atoms with Crippen molar-refractivity contribution in [2.45, 2.75) is 6.92 Å². The van der Waals surface area contributed by atoms with Crippen LogP contribution in [0.1, 0.15) is 5.56 Å². The van der Waals surface area contributed by atoms with Crippen molar-refractivity contribution in [1.29, 1.82) is 0 Å². The molecule has 0 aromatic heterocycles. The summed E-state index contributed by atoms with van der Waals surface area (Å²) in [6.45, 7) is 2.02. The SMILES string of the molecule is Cc1ccc(N)c(Nc2ccc(Br)cc2Cl)c1. The molecule has 0 unspecified atom stereocenters. The molecule has 0 atom stereocenters. The summed E-state index contributed by atoms with van der Waals surface area (Å²) in [6, 6.07) is 11.5. The van der Waals surface area contributed by atoms with Crippen LogP contribution in [0.15, 0.2) is 40.9 Å². The van der Waals surface area contributed by atoms with Crippen LogP contribution in [-0.2, 0) is 0 Å². The summed E-state index contributed by atoms with van der Waals surface area (Å²) in [5, 5.41) is 3.88. The minimum atomic E-state index is 0.653. The average Bonchev–Trinajstić information content (AvgIpc) is 2.27. The van der Waals surface area contributed by atoms with E-state index in [2.05, 4.69) is 21.2 Å². The van der Waals surface area contributed by atoms with E-state index in [0.717, 1.165) is 21.4 Å². The maximum atomic E-state index is 6.14. The summed E-state index contributed by atoms with van der Waals surface area (Å²) in [6.07, 6.45) is 0. The van der Waals surface area contributed by atoms with E-state index in [0.29, 0.717) is 10.7 Å². The molecule has 17 heavy (non-hydrogen) atoms. The molecule has 2 nitrogen and oxygen atoms in total. The Hall–Kier alpha value is -1.19. The van der Waals surface area contributed by atoms with Gasteiger partial charge in [0.05, 0.1) is 22.1 Å². The first-order valence-electron chi connectivity index (χ1n) is 5.14. The van der Waals surface area contributed by atoms with Crippen molar-refractivity contribution >= 4 is 44.6 Å². The van der Waals surface area contributed by atoms with Gasteiger partial charge in [0.2, 0.25) is 0 Å². The van der Waals surface area contributed by atoms with E-state index in [1.165, 1.54) is 0 Å². The highest BCUT2D eigenvalue weighted by atomic mass is 79.9. The minimum absolute atomic E-state index is 0.653. The molecule has 88 valence electrons. The Balaban J connectivity index is 2.34. The zero-order valence-electron chi connectivity index (χ0n) is 9.30. The van der Waals surface area contributed by atoms with Crippen molar-refractivity contribution in [3.8, 4) is 0 Å². The standard InChI is InChI=1S/C13H12BrClN2/c1-8-2-4-11(16)13(6-8)17-12-5-3-9(14)7-10(12)15/h2-7,17H,16H2,1H3. The van der Waals surface area contributed by atoms with Gasteiger partial charge < -0.3 is 11.1 Å². The van der Waals surface area contributed by atoms with Crippen molar-refractivity contribution in [2.24, 2.45) is 0 Å². The summed E-state index contributed by atoms with van der Waals surface area (Å²) in [5.74, 6) is 0. The fourth-order valence-corrected chi connectivity index (χ4v) is 2.23. The number of halogens is 2. The van der Waals surface area contributed by atoms with Crippen LogP contribution in [0.25, 0.3) is 0 Å². The summed E-state index contributed by atoms with van der Waals surface area (Å²) in [4.78, 5) is 0. The molecule has 2 aromatic rings. The van der Waals surface area contributed by atoms with Gasteiger partial charge >= 0.3 is 0 Å². The molecule has 2 aromatic carbocycles. The maximum absolute atomic E-state index is 6.14. The lowest BCUT2D eigenvalue weighted by Crippen LogP contribution is -1.97. The number of anilines is 3. The number of benzene rings is 2. The van der Waals surface area contributed by atoms with Crippen LogP contribution in [0.5, 0.6) is 0 Å².